The minimum Gasteiger partial charge on any atom is -0.309 e. The summed E-state index contributed by atoms with van der Waals surface area (Å²) in [5.41, 5.74) is 14.9. The summed E-state index contributed by atoms with van der Waals surface area (Å²) in [5.74, 6) is 0. The summed E-state index contributed by atoms with van der Waals surface area (Å²) >= 11 is 0. The summed E-state index contributed by atoms with van der Waals surface area (Å²) in [6.45, 7) is 0. The predicted octanol–water partition coefficient (Wildman–Crippen LogP) is 15.8. The van der Waals surface area contributed by atoms with Gasteiger partial charge < -0.3 is 14.0 Å². The summed E-state index contributed by atoms with van der Waals surface area (Å²) in [6, 6.07) is 86.1. The van der Waals surface area contributed by atoms with Crippen LogP contribution in [0.5, 0.6) is 0 Å². The van der Waals surface area contributed by atoms with Gasteiger partial charge in [-0.2, -0.15) is 0 Å². The van der Waals surface area contributed by atoms with Gasteiger partial charge in [-0.25, -0.2) is 0 Å². The topological polar surface area (TPSA) is 13.1 Å². The molecule has 2 heterocycles. The average Bonchev–Trinajstić information content (AvgIpc) is 3.86. The van der Waals surface area contributed by atoms with Crippen molar-refractivity contribution in [3.05, 3.63) is 237 Å². The molecule has 0 bridgehead atoms. The van der Waals surface area contributed by atoms with Gasteiger partial charge in [0.05, 0.1) is 33.4 Å². The van der Waals surface area contributed by atoms with Crippen LogP contribution in [0.1, 0.15) is 0 Å². The first kappa shape index (κ1) is 34.9. The number of nitrogens with zero attached hydrogens (tertiary/aromatic N) is 3. The van der Waals surface area contributed by atoms with Crippen molar-refractivity contribution in [1.29, 1.82) is 0 Å². The number of rotatable bonds is 7. The first-order valence-corrected chi connectivity index (χ1v) is 20.9. The van der Waals surface area contributed by atoms with Crippen molar-refractivity contribution in [3.8, 4) is 33.6 Å². The van der Waals surface area contributed by atoms with E-state index in [-0.39, 0.29) is 0 Å². The molecule has 0 aliphatic heterocycles. The monoisotopic (exact) mass is 777 g/mol. The lowest BCUT2D eigenvalue weighted by Gasteiger charge is -2.28. The van der Waals surface area contributed by atoms with E-state index in [1.807, 2.05) is 0 Å². The first-order chi connectivity index (χ1) is 30.3. The van der Waals surface area contributed by atoms with Gasteiger partial charge in [-0.05, 0) is 94.2 Å². The highest BCUT2D eigenvalue weighted by Crippen LogP contribution is 2.46. The predicted molar refractivity (Wildman–Crippen MR) is 258 cm³/mol. The lowest BCUT2D eigenvalue weighted by Crippen LogP contribution is -2.12. The number of anilines is 3. The smallest absolute Gasteiger partial charge is 0.0782 e. The largest absolute Gasteiger partial charge is 0.309 e. The van der Waals surface area contributed by atoms with E-state index >= 15 is 0 Å². The molecule has 0 unspecified atom stereocenters. The van der Waals surface area contributed by atoms with Gasteiger partial charge in [0.2, 0.25) is 0 Å². The minimum atomic E-state index is 1.07. The van der Waals surface area contributed by atoms with E-state index in [4.69, 9.17) is 0 Å². The van der Waals surface area contributed by atoms with Crippen LogP contribution in [0.2, 0.25) is 0 Å². The molecule has 10 aromatic carbocycles. The molecule has 2 aromatic heterocycles. The summed E-state index contributed by atoms with van der Waals surface area (Å²) < 4.78 is 4.89. The summed E-state index contributed by atoms with van der Waals surface area (Å²) in [5, 5.41) is 7.34. The maximum atomic E-state index is 2.46. The fourth-order valence-corrected chi connectivity index (χ4v) is 9.64. The van der Waals surface area contributed by atoms with Crippen molar-refractivity contribution in [1.82, 2.24) is 9.13 Å². The molecule has 0 aliphatic rings. The standard InChI is InChI=1S/C58H39N3/c1-3-18-40(19-4-1)42-21-15-25-45(38-42)59(56-35-17-31-51-50-30-11-12-32-52(50)60(58(51)56)44-23-5-2-6-24-44)46-26-16-22-43(39-46)57-47-27-8-7-20-41(47)36-37-55(57)61-53-33-13-9-28-48(53)49-29-10-14-34-54(49)61/h1-39H. The minimum absolute atomic E-state index is 1.07. The lowest BCUT2D eigenvalue weighted by molar-refractivity contribution is 1.17. The van der Waals surface area contributed by atoms with E-state index in [1.165, 1.54) is 60.0 Å². The molecule has 12 aromatic rings. The fraction of sp³-hybridized carbons (Fsp3) is 0. The quantitative estimate of drug-likeness (QED) is 0.157. The first-order valence-electron chi connectivity index (χ1n) is 20.9. The van der Waals surface area contributed by atoms with Gasteiger partial charge in [-0.1, -0.05) is 170 Å². The van der Waals surface area contributed by atoms with Crippen molar-refractivity contribution in [2.75, 3.05) is 4.90 Å². The Bertz CT molecular complexity index is 3540. The Morgan fingerprint density at radius 1 is 0.311 bits per heavy atom. The van der Waals surface area contributed by atoms with Gasteiger partial charge in [0, 0.05) is 44.2 Å². The third-order valence-electron chi connectivity index (χ3n) is 12.3. The zero-order valence-electron chi connectivity index (χ0n) is 33.4. The molecule has 0 aliphatic carbocycles. The third-order valence-corrected chi connectivity index (χ3v) is 12.3. The van der Waals surface area contributed by atoms with Gasteiger partial charge in [-0.15, -0.1) is 0 Å². The van der Waals surface area contributed by atoms with Crippen LogP contribution in [0.25, 0.3) is 88.0 Å². The van der Waals surface area contributed by atoms with Crippen molar-refractivity contribution in [3.63, 3.8) is 0 Å². The summed E-state index contributed by atoms with van der Waals surface area (Å²) in [6.07, 6.45) is 0. The van der Waals surface area contributed by atoms with Gasteiger partial charge in [-0.3, -0.25) is 0 Å². The fourth-order valence-electron chi connectivity index (χ4n) is 9.64. The Morgan fingerprint density at radius 2 is 0.803 bits per heavy atom. The number of hydrogen-bond donors (Lipinski definition) is 0. The van der Waals surface area contributed by atoms with Crippen LogP contribution >= 0.6 is 0 Å². The average molecular weight is 778 g/mol. The number of para-hydroxylation sites is 5. The Morgan fingerprint density at radius 3 is 1.49 bits per heavy atom. The van der Waals surface area contributed by atoms with Crippen molar-refractivity contribution in [2.24, 2.45) is 0 Å². The van der Waals surface area contributed by atoms with E-state index in [0.29, 0.717) is 0 Å². The maximum absolute atomic E-state index is 2.46. The molecule has 61 heavy (non-hydrogen) atoms. The molecule has 0 N–H and O–H groups in total. The zero-order valence-corrected chi connectivity index (χ0v) is 33.4. The third kappa shape index (κ3) is 5.66. The lowest BCUT2D eigenvalue weighted by atomic mass is 9.95. The molecule has 3 heteroatoms. The Kier molecular flexibility index (Phi) is 8.17. The molecule has 0 amide bonds. The molecule has 0 spiro atoms. The maximum Gasteiger partial charge on any atom is 0.0782 e. The van der Waals surface area contributed by atoms with Crippen LogP contribution in [0.15, 0.2) is 237 Å². The van der Waals surface area contributed by atoms with Gasteiger partial charge in [0.15, 0.2) is 0 Å². The highest BCUT2D eigenvalue weighted by atomic mass is 15.2. The van der Waals surface area contributed by atoms with Gasteiger partial charge in [0.25, 0.3) is 0 Å². The van der Waals surface area contributed by atoms with Crippen LogP contribution in [0.3, 0.4) is 0 Å². The Balaban J connectivity index is 1.15. The van der Waals surface area contributed by atoms with E-state index < -0.39 is 0 Å². The highest BCUT2D eigenvalue weighted by Gasteiger charge is 2.23. The summed E-state index contributed by atoms with van der Waals surface area (Å²) in [4.78, 5) is 2.46. The van der Waals surface area contributed by atoms with Crippen LogP contribution in [0.4, 0.5) is 17.1 Å². The molecular weight excluding hydrogens is 739 g/mol. The van der Waals surface area contributed by atoms with Gasteiger partial charge >= 0.3 is 0 Å². The summed E-state index contributed by atoms with van der Waals surface area (Å²) in [7, 11) is 0. The molecule has 0 saturated heterocycles. The number of benzene rings is 10. The second-order valence-electron chi connectivity index (χ2n) is 15.7. The molecule has 0 saturated carbocycles. The molecule has 12 rings (SSSR count). The Hall–Kier alpha value is -8.14. The van der Waals surface area contributed by atoms with E-state index in [9.17, 15) is 0 Å². The van der Waals surface area contributed by atoms with Crippen LogP contribution in [0, 0.1) is 0 Å². The van der Waals surface area contributed by atoms with Crippen molar-refractivity contribution in [2.45, 2.75) is 0 Å². The normalized spacial score (nSPS) is 11.6. The van der Waals surface area contributed by atoms with Gasteiger partial charge in [0.1, 0.15) is 0 Å². The van der Waals surface area contributed by atoms with Crippen LogP contribution in [-0.2, 0) is 0 Å². The SMILES string of the molecule is c1ccc(-c2cccc(N(c3cccc(-c4c(-n5c6ccccc6c6ccccc65)ccc5ccccc45)c3)c3cccc4c5ccccc5n(-c5ccccc5)c34)c2)cc1. The van der Waals surface area contributed by atoms with Crippen LogP contribution in [-0.4, -0.2) is 9.13 Å². The Labute approximate surface area is 354 Å². The highest BCUT2D eigenvalue weighted by molar-refractivity contribution is 6.15. The van der Waals surface area contributed by atoms with Crippen LogP contribution < -0.4 is 4.90 Å². The number of fused-ring (bicyclic) bond motifs is 7. The van der Waals surface area contributed by atoms with Crippen molar-refractivity contribution < 1.29 is 0 Å². The molecule has 286 valence electrons. The molecule has 0 radical (unpaired) electrons. The van der Waals surface area contributed by atoms with Crippen molar-refractivity contribution >= 4 is 71.4 Å². The second kappa shape index (κ2) is 14.3. The van der Waals surface area contributed by atoms with E-state index in [2.05, 4.69) is 251 Å². The number of hydrogen-bond acceptors (Lipinski definition) is 1. The number of aromatic nitrogens is 2. The molecule has 0 fully saturated rings. The molecular formula is C58H39N3. The molecule has 0 atom stereocenters. The van der Waals surface area contributed by atoms with E-state index in [0.717, 1.165) is 45.1 Å². The molecule has 3 nitrogen and oxygen atoms in total. The second-order valence-corrected chi connectivity index (χ2v) is 15.7. The zero-order chi connectivity index (χ0) is 40.3. The van der Waals surface area contributed by atoms with E-state index in [1.54, 1.807) is 0 Å².